The Morgan fingerprint density at radius 1 is 1.00 bits per heavy atom. The van der Waals surface area contributed by atoms with Crippen molar-refractivity contribution in [1.29, 1.82) is 0 Å². The van der Waals surface area contributed by atoms with E-state index in [4.69, 9.17) is 39.9 Å². The second kappa shape index (κ2) is 8.72. The highest BCUT2D eigenvalue weighted by atomic mass is 35.5. The Morgan fingerprint density at radius 3 is 2.56 bits per heavy atom. The predicted octanol–water partition coefficient (Wildman–Crippen LogP) is 7.43. The van der Waals surface area contributed by atoms with E-state index in [0.29, 0.717) is 27.2 Å². The van der Waals surface area contributed by atoms with Gasteiger partial charge in [0.05, 0.1) is 16.8 Å². The lowest BCUT2D eigenvalue weighted by atomic mass is 9.73. The molecule has 4 aliphatic rings. The molecule has 1 N–H and O–H groups in total. The first kappa shape index (κ1) is 22.7. The zero-order valence-corrected chi connectivity index (χ0v) is 21.2. The van der Waals surface area contributed by atoms with Gasteiger partial charge in [-0.05, 0) is 85.8 Å². The molecule has 3 aliphatic carbocycles. The number of anilines is 1. The first-order valence-electron chi connectivity index (χ1n) is 12.3. The van der Waals surface area contributed by atoms with Crippen LogP contribution in [0.1, 0.15) is 63.0 Å². The second-order valence-corrected chi connectivity index (χ2v) is 11.9. The first-order chi connectivity index (χ1) is 16.4. The number of halogens is 3. The third-order valence-corrected chi connectivity index (χ3v) is 9.25. The molecule has 0 saturated heterocycles. The molecule has 1 aliphatic heterocycles. The van der Waals surface area contributed by atoms with Crippen molar-refractivity contribution in [2.75, 3.05) is 5.01 Å². The summed E-state index contributed by atoms with van der Waals surface area (Å²) in [6.45, 7) is 0. The molecule has 3 bridgehead atoms. The maximum atomic E-state index is 13.6. The smallest absolute Gasteiger partial charge is 0.268 e. The highest BCUT2D eigenvalue weighted by Crippen LogP contribution is 2.55. The number of nitrogens with zero attached hydrogens (tertiary/aromatic N) is 2. The summed E-state index contributed by atoms with van der Waals surface area (Å²) < 4.78 is 0. The van der Waals surface area contributed by atoms with Crippen molar-refractivity contribution in [1.82, 2.24) is 5.32 Å². The molecule has 2 aromatic rings. The summed E-state index contributed by atoms with van der Waals surface area (Å²) in [5.41, 5.74) is 2.26. The SMILES string of the molecule is O=C(NC12CCCC3CC(CC3C1)C2)C1=NN(c2ccc(Cl)cc2Cl)[C@@H](c2ccc(Cl)cc2)C1. The minimum atomic E-state index is -0.143. The maximum Gasteiger partial charge on any atom is 0.268 e. The van der Waals surface area contributed by atoms with Crippen LogP contribution in [0.2, 0.25) is 15.1 Å². The summed E-state index contributed by atoms with van der Waals surface area (Å²) in [6.07, 6.45) is 9.07. The average molecular weight is 517 g/mol. The zero-order valence-electron chi connectivity index (χ0n) is 18.9. The number of benzene rings is 2. The molecule has 0 radical (unpaired) electrons. The number of rotatable bonds is 4. The molecule has 5 atom stereocenters. The largest absolute Gasteiger partial charge is 0.345 e. The van der Waals surface area contributed by atoms with E-state index in [-0.39, 0.29) is 17.5 Å². The van der Waals surface area contributed by atoms with E-state index in [9.17, 15) is 4.79 Å². The van der Waals surface area contributed by atoms with Crippen molar-refractivity contribution in [2.45, 2.75) is 62.9 Å². The molecule has 6 rings (SSSR count). The molecule has 4 unspecified atom stereocenters. The van der Waals surface area contributed by atoms with Crippen LogP contribution in [0.15, 0.2) is 47.6 Å². The van der Waals surface area contributed by atoms with Gasteiger partial charge in [-0.15, -0.1) is 0 Å². The van der Waals surface area contributed by atoms with Gasteiger partial charge in [0.2, 0.25) is 0 Å². The maximum absolute atomic E-state index is 13.6. The van der Waals surface area contributed by atoms with Crippen LogP contribution in [-0.4, -0.2) is 17.2 Å². The molecular weight excluding hydrogens is 489 g/mol. The van der Waals surface area contributed by atoms with Crippen LogP contribution in [-0.2, 0) is 4.79 Å². The number of amides is 1. The monoisotopic (exact) mass is 515 g/mol. The lowest BCUT2D eigenvalue weighted by Crippen LogP contribution is -2.53. The Morgan fingerprint density at radius 2 is 1.76 bits per heavy atom. The number of hydrogen-bond acceptors (Lipinski definition) is 3. The Labute approximate surface area is 215 Å². The number of hydrazone groups is 1. The van der Waals surface area contributed by atoms with Gasteiger partial charge in [-0.1, -0.05) is 59.8 Å². The molecule has 1 heterocycles. The lowest BCUT2D eigenvalue weighted by molar-refractivity contribution is -0.117. The van der Waals surface area contributed by atoms with Crippen LogP contribution in [0, 0.1) is 17.8 Å². The van der Waals surface area contributed by atoms with Gasteiger partial charge >= 0.3 is 0 Å². The summed E-state index contributed by atoms with van der Waals surface area (Å²) in [5.74, 6) is 2.37. The van der Waals surface area contributed by atoms with Crippen molar-refractivity contribution >= 4 is 52.1 Å². The summed E-state index contributed by atoms with van der Waals surface area (Å²) in [7, 11) is 0. The second-order valence-electron chi connectivity index (χ2n) is 10.7. The fourth-order valence-electron chi connectivity index (χ4n) is 7.11. The summed E-state index contributed by atoms with van der Waals surface area (Å²) in [6, 6.07) is 12.9. The summed E-state index contributed by atoms with van der Waals surface area (Å²) >= 11 is 18.8. The van der Waals surface area contributed by atoms with Crippen molar-refractivity contribution in [2.24, 2.45) is 22.9 Å². The molecular formula is C27H28Cl3N3O. The molecule has 1 amide bonds. The van der Waals surface area contributed by atoms with Crippen LogP contribution in [0.3, 0.4) is 0 Å². The molecule has 4 nitrogen and oxygen atoms in total. The highest BCUT2D eigenvalue weighted by molar-refractivity contribution is 6.40. The van der Waals surface area contributed by atoms with E-state index in [1.165, 1.54) is 25.7 Å². The topological polar surface area (TPSA) is 44.7 Å². The minimum absolute atomic E-state index is 0.0358. The predicted molar refractivity (Wildman–Crippen MR) is 139 cm³/mol. The van der Waals surface area contributed by atoms with E-state index in [1.54, 1.807) is 12.1 Å². The first-order valence-corrected chi connectivity index (χ1v) is 13.4. The number of hydrogen-bond donors (Lipinski definition) is 1. The van der Waals surface area contributed by atoms with E-state index in [1.807, 2.05) is 35.3 Å². The molecule has 0 aromatic heterocycles. The number of fused-ring (bicyclic) bond motifs is 2. The quantitative estimate of drug-likeness (QED) is 0.459. The molecule has 3 fully saturated rings. The minimum Gasteiger partial charge on any atom is -0.345 e. The zero-order chi connectivity index (χ0) is 23.4. The van der Waals surface area contributed by atoms with Gasteiger partial charge in [-0.3, -0.25) is 9.80 Å². The van der Waals surface area contributed by atoms with E-state index in [2.05, 4.69) is 5.32 Å². The van der Waals surface area contributed by atoms with Crippen LogP contribution >= 0.6 is 34.8 Å². The number of nitrogens with one attached hydrogen (secondary N) is 1. The number of carbonyl (C=O) groups is 1. The third kappa shape index (κ3) is 4.12. The van der Waals surface area contributed by atoms with E-state index in [0.717, 1.165) is 48.3 Å². The van der Waals surface area contributed by atoms with Gasteiger partial charge < -0.3 is 5.32 Å². The molecule has 2 aromatic carbocycles. The molecule has 34 heavy (non-hydrogen) atoms. The van der Waals surface area contributed by atoms with Gasteiger partial charge in [-0.25, -0.2) is 0 Å². The van der Waals surface area contributed by atoms with E-state index < -0.39 is 0 Å². The lowest BCUT2D eigenvalue weighted by Gasteiger charge is -2.41. The Balaban J connectivity index is 1.30. The van der Waals surface area contributed by atoms with Gasteiger partial charge in [-0.2, -0.15) is 5.10 Å². The van der Waals surface area contributed by atoms with Crippen molar-refractivity contribution in [3.05, 3.63) is 63.1 Å². The number of carbonyl (C=O) groups excluding carboxylic acids is 1. The molecule has 3 saturated carbocycles. The van der Waals surface area contributed by atoms with Crippen molar-refractivity contribution < 1.29 is 4.79 Å². The summed E-state index contributed by atoms with van der Waals surface area (Å²) in [4.78, 5) is 13.6. The van der Waals surface area contributed by atoms with Gasteiger partial charge in [0.25, 0.3) is 5.91 Å². The summed E-state index contributed by atoms with van der Waals surface area (Å²) in [5, 5.41) is 11.9. The molecule has 0 spiro atoms. The van der Waals surface area contributed by atoms with Gasteiger partial charge in [0, 0.05) is 22.0 Å². The van der Waals surface area contributed by atoms with Crippen molar-refractivity contribution in [3.8, 4) is 0 Å². The average Bonchev–Trinajstić information content (AvgIpc) is 3.32. The Hall–Kier alpha value is -1.75. The molecule has 178 valence electrons. The fraction of sp³-hybridized carbons (Fsp3) is 0.481. The van der Waals surface area contributed by atoms with Crippen LogP contribution < -0.4 is 10.3 Å². The van der Waals surface area contributed by atoms with Gasteiger partial charge in [0.1, 0.15) is 5.71 Å². The Kier molecular flexibility index (Phi) is 5.82. The third-order valence-electron chi connectivity index (χ3n) is 8.46. The van der Waals surface area contributed by atoms with Crippen molar-refractivity contribution in [3.63, 3.8) is 0 Å². The van der Waals surface area contributed by atoms with Crippen LogP contribution in [0.5, 0.6) is 0 Å². The fourth-order valence-corrected chi connectivity index (χ4v) is 7.73. The highest BCUT2D eigenvalue weighted by Gasteiger charge is 2.50. The van der Waals surface area contributed by atoms with Gasteiger partial charge in [0.15, 0.2) is 0 Å². The van der Waals surface area contributed by atoms with Crippen LogP contribution in [0.4, 0.5) is 5.69 Å². The van der Waals surface area contributed by atoms with Crippen LogP contribution in [0.25, 0.3) is 0 Å². The standard InChI is InChI=1S/C27H28Cl3N3O/c28-20-5-3-17(4-6-20)25-13-23(32-33(25)24-8-7-21(29)12-22(24)30)26(34)31-27-9-1-2-18-10-16(14-27)11-19(18)15-27/h3-8,12,16,18-19,25H,1-2,9-11,13-15H2,(H,31,34)/t16?,18?,19?,25-,27?/m1/s1. The van der Waals surface area contributed by atoms with E-state index >= 15 is 0 Å². The normalized spacial score (nSPS) is 32.0. The Bertz CT molecular complexity index is 1150. The molecule has 7 heteroatoms.